The van der Waals surface area contributed by atoms with Gasteiger partial charge in [-0.1, -0.05) is 0 Å². The van der Waals surface area contributed by atoms with Gasteiger partial charge in [0.1, 0.15) is 5.56 Å². The first kappa shape index (κ1) is 15.0. The van der Waals surface area contributed by atoms with Gasteiger partial charge in [0.05, 0.1) is 12.9 Å². The fourth-order valence-electron chi connectivity index (χ4n) is 2.04. The van der Waals surface area contributed by atoms with E-state index in [1.165, 1.54) is 17.0 Å². The highest BCUT2D eigenvalue weighted by atomic mass is 16.5. The van der Waals surface area contributed by atoms with E-state index < -0.39 is 5.97 Å². The fourth-order valence-corrected chi connectivity index (χ4v) is 2.04. The first-order valence-electron chi connectivity index (χ1n) is 7.15. The molecule has 0 unspecified atom stereocenters. The number of ether oxygens (including phenoxy) is 1. The molecule has 0 fully saturated rings. The van der Waals surface area contributed by atoms with Crippen molar-refractivity contribution < 1.29 is 13.9 Å². The van der Waals surface area contributed by atoms with Gasteiger partial charge in [-0.3, -0.25) is 0 Å². The SMILES string of the molecule is CCOC(=O)c1cnc(NCCN)n2nc(-c3ccco3)nc12. The van der Waals surface area contributed by atoms with E-state index in [2.05, 4.69) is 20.4 Å². The van der Waals surface area contributed by atoms with Gasteiger partial charge in [0, 0.05) is 19.3 Å². The monoisotopic (exact) mass is 316 g/mol. The molecule has 0 aliphatic rings. The summed E-state index contributed by atoms with van der Waals surface area (Å²) in [6.07, 6.45) is 2.94. The van der Waals surface area contributed by atoms with Crippen LogP contribution in [0.25, 0.3) is 17.2 Å². The van der Waals surface area contributed by atoms with Crippen molar-refractivity contribution >= 4 is 17.6 Å². The number of hydrogen-bond donors (Lipinski definition) is 2. The molecule has 3 heterocycles. The van der Waals surface area contributed by atoms with Crippen molar-refractivity contribution in [2.75, 3.05) is 25.0 Å². The quantitative estimate of drug-likeness (QED) is 0.644. The number of esters is 1. The van der Waals surface area contributed by atoms with E-state index in [0.29, 0.717) is 36.3 Å². The van der Waals surface area contributed by atoms with Crippen molar-refractivity contribution in [1.82, 2.24) is 19.6 Å². The van der Waals surface area contributed by atoms with Gasteiger partial charge in [-0.25, -0.2) is 14.8 Å². The van der Waals surface area contributed by atoms with Crippen LogP contribution in [0.3, 0.4) is 0 Å². The van der Waals surface area contributed by atoms with Crippen LogP contribution >= 0.6 is 0 Å². The predicted molar refractivity (Wildman–Crippen MR) is 82.0 cm³/mol. The zero-order chi connectivity index (χ0) is 16.2. The Morgan fingerprint density at radius 1 is 1.52 bits per heavy atom. The number of carbonyl (C=O) groups excluding carboxylic acids is 1. The van der Waals surface area contributed by atoms with Crippen LogP contribution in [0.2, 0.25) is 0 Å². The van der Waals surface area contributed by atoms with Crippen LogP contribution < -0.4 is 11.1 Å². The molecule has 0 bridgehead atoms. The molecule has 23 heavy (non-hydrogen) atoms. The van der Waals surface area contributed by atoms with Crippen molar-refractivity contribution in [2.24, 2.45) is 5.73 Å². The lowest BCUT2D eigenvalue weighted by Crippen LogP contribution is -2.17. The first-order chi connectivity index (χ1) is 11.2. The maximum absolute atomic E-state index is 12.1. The van der Waals surface area contributed by atoms with Gasteiger partial charge in [-0.05, 0) is 19.1 Å². The standard InChI is InChI=1S/C14H16N6O3/c1-2-22-13(21)9-8-17-14(16-6-5-15)20-12(9)18-11(19-20)10-4-3-7-23-10/h3-4,7-8H,2,5-6,15H2,1H3,(H,16,17). The third-order valence-corrected chi connectivity index (χ3v) is 3.03. The van der Waals surface area contributed by atoms with Crippen LogP contribution in [0.1, 0.15) is 17.3 Å². The van der Waals surface area contributed by atoms with Gasteiger partial charge in [0.15, 0.2) is 11.4 Å². The first-order valence-corrected chi connectivity index (χ1v) is 7.15. The summed E-state index contributed by atoms with van der Waals surface area (Å²) in [7, 11) is 0. The lowest BCUT2D eigenvalue weighted by molar-refractivity contribution is 0.0527. The lowest BCUT2D eigenvalue weighted by atomic mass is 10.3. The van der Waals surface area contributed by atoms with Crippen LogP contribution in [0, 0.1) is 0 Å². The Balaban J connectivity index is 2.13. The summed E-state index contributed by atoms with van der Waals surface area (Å²) in [4.78, 5) is 20.7. The molecule has 0 aromatic carbocycles. The zero-order valence-corrected chi connectivity index (χ0v) is 12.5. The van der Waals surface area contributed by atoms with Gasteiger partial charge < -0.3 is 20.2 Å². The second kappa shape index (κ2) is 6.44. The minimum atomic E-state index is -0.506. The number of nitrogens with one attached hydrogen (secondary N) is 1. The number of fused-ring (bicyclic) bond motifs is 1. The van der Waals surface area contributed by atoms with Gasteiger partial charge >= 0.3 is 5.97 Å². The molecule has 3 aromatic rings. The molecule has 9 nitrogen and oxygen atoms in total. The number of nitrogens with zero attached hydrogens (tertiary/aromatic N) is 4. The van der Waals surface area contributed by atoms with Crippen LogP contribution in [-0.4, -0.2) is 45.2 Å². The number of aromatic nitrogens is 4. The molecule has 0 spiro atoms. The topological polar surface area (TPSA) is 121 Å². The van der Waals surface area contributed by atoms with E-state index >= 15 is 0 Å². The highest BCUT2D eigenvalue weighted by Gasteiger charge is 2.20. The number of rotatable bonds is 6. The molecule has 120 valence electrons. The Labute approximate surface area is 131 Å². The second-order valence-corrected chi connectivity index (χ2v) is 4.58. The summed E-state index contributed by atoms with van der Waals surface area (Å²) in [6.45, 7) is 2.94. The molecule has 0 amide bonds. The summed E-state index contributed by atoms with van der Waals surface area (Å²) >= 11 is 0. The average Bonchev–Trinajstić information content (AvgIpc) is 3.21. The van der Waals surface area contributed by atoms with Crippen molar-refractivity contribution in [3.8, 4) is 11.6 Å². The third kappa shape index (κ3) is 2.86. The minimum absolute atomic E-state index is 0.232. The second-order valence-electron chi connectivity index (χ2n) is 4.58. The molecule has 3 N–H and O–H groups in total. The number of furan rings is 1. The van der Waals surface area contributed by atoms with Crippen molar-refractivity contribution in [3.63, 3.8) is 0 Å². The van der Waals surface area contributed by atoms with Crippen LogP contribution in [0.5, 0.6) is 0 Å². The normalized spacial score (nSPS) is 10.9. The molecular formula is C14H16N6O3. The predicted octanol–water partition coefficient (Wildman–Crippen LogP) is 0.932. The van der Waals surface area contributed by atoms with Crippen LogP contribution in [0.4, 0.5) is 5.95 Å². The van der Waals surface area contributed by atoms with E-state index in [9.17, 15) is 4.79 Å². The van der Waals surface area contributed by atoms with Gasteiger partial charge in [-0.15, -0.1) is 5.10 Å². The molecule has 3 aromatic heterocycles. The van der Waals surface area contributed by atoms with Gasteiger partial charge in [0.25, 0.3) is 0 Å². The minimum Gasteiger partial charge on any atom is -0.462 e. The average molecular weight is 316 g/mol. The number of hydrogen-bond acceptors (Lipinski definition) is 8. The van der Waals surface area contributed by atoms with Crippen molar-refractivity contribution in [2.45, 2.75) is 6.92 Å². The highest BCUT2D eigenvalue weighted by molar-refractivity contribution is 5.95. The maximum Gasteiger partial charge on any atom is 0.343 e. The van der Waals surface area contributed by atoms with E-state index in [-0.39, 0.29) is 12.2 Å². The molecule has 0 radical (unpaired) electrons. The van der Waals surface area contributed by atoms with E-state index in [0.717, 1.165) is 0 Å². The Morgan fingerprint density at radius 2 is 2.39 bits per heavy atom. The molecule has 0 saturated heterocycles. The van der Waals surface area contributed by atoms with Crippen molar-refractivity contribution in [3.05, 3.63) is 30.2 Å². The zero-order valence-electron chi connectivity index (χ0n) is 12.5. The summed E-state index contributed by atoms with van der Waals surface area (Å²) in [5.74, 6) is 0.773. The molecular weight excluding hydrogens is 300 g/mol. The summed E-state index contributed by atoms with van der Waals surface area (Å²) in [5.41, 5.74) is 6.07. The summed E-state index contributed by atoms with van der Waals surface area (Å²) < 4.78 is 11.8. The van der Waals surface area contributed by atoms with Crippen LogP contribution in [-0.2, 0) is 4.74 Å². The van der Waals surface area contributed by atoms with E-state index in [4.69, 9.17) is 14.9 Å². The van der Waals surface area contributed by atoms with E-state index in [1.807, 2.05) is 0 Å². The molecule has 3 rings (SSSR count). The number of anilines is 1. The molecule has 0 saturated carbocycles. The molecule has 0 aliphatic heterocycles. The Hall–Kier alpha value is -2.94. The number of carbonyl (C=O) groups is 1. The van der Waals surface area contributed by atoms with Gasteiger partial charge in [0.2, 0.25) is 11.8 Å². The van der Waals surface area contributed by atoms with Gasteiger partial charge in [-0.2, -0.15) is 4.52 Å². The largest absolute Gasteiger partial charge is 0.462 e. The molecule has 9 heteroatoms. The summed E-state index contributed by atoms with van der Waals surface area (Å²) in [6, 6.07) is 3.47. The maximum atomic E-state index is 12.1. The Bertz CT molecular complexity index is 811. The molecule has 0 aliphatic carbocycles. The Morgan fingerprint density at radius 3 is 3.09 bits per heavy atom. The number of nitrogens with two attached hydrogens (primary N) is 1. The van der Waals surface area contributed by atoms with Crippen molar-refractivity contribution in [1.29, 1.82) is 0 Å². The third-order valence-electron chi connectivity index (χ3n) is 3.03. The highest BCUT2D eigenvalue weighted by Crippen LogP contribution is 2.20. The Kier molecular flexibility index (Phi) is 4.20. The van der Waals surface area contributed by atoms with Crippen LogP contribution in [0.15, 0.2) is 29.0 Å². The smallest absolute Gasteiger partial charge is 0.343 e. The fraction of sp³-hybridized carbons (Fsp3) is 0.286. The summed E-state index contributed by atoms with van der Waals surface area (Å²) in [5, 5.41) is 7.39. The van der Waals surface area contributed by atoms with E-state index in [1.54, 1.807) is 19.1 Å². The lowest BCUT2D eigenvalue weighted by Gasteiger charge is -2.07. The molecule has 0 atom stereocenters.